The van der Waals surface area contributed by atoms with Gasteiger partial charge in [-0.1, -0.05) is 25.7 Å². The number of carbonyl (C=O) groups excluding carboxylic acids is 2. The van der Waals surface area contributed by atoms with Gasteiger partial charge in [-0.25, -0.2) is 4.99 Å². The van der Waals surface area contributed by atoms with Crippen LogP contribution in [-0.4, -0.2) is 69.1 Å². The molecule has 1 aliphatic carbocycles. The van der Waals surface area contributed by atoms with Gasteiger partial charge in [-0.05, 0) is 65.4 Å². The maximum absolute atomic E-state index is 13.2. The normalized spacial score (nSPS) is 20.7. The summed E-state index contributed by atoms with van der Waals surface area (Å²) in [6.07, 6.45) is -0.399. The Morgan fingerprint density at radius 2 is 1.92 bits per heavy atom. The summed E-state index contributed by atoms with van der Waals surface area (Å²) in [7, 11) is -1.26. The Labute approximate surface area is 235 Å². The van der Waals surface area contributed by atoms with E-state index in [1.54, 1.807) is 0 Å². The van der Waals surface area contributed by atoms with Crippen molar-refractivity contribution in [1.29, 1.82) is 0 Å². The number of nitrogens with zero attached hydrogens (tertiary/aromatic N) is 2. The molecule has 1 N–H and O–H groups in total. The molecule has 1 saturated heterocycles. The molecule has 0 saturated carbocycles. The van der Waals surface area contributed by atoms with E-state index in [-0.39, 0.29) is 24.3 Å². The number of benzene rings is 1. The van der Waals surface area contributed by atoms with Gasteiger partial charge in [0.2, 0.25) is 0 Å². The van der Waals surface area contributed by atoms with Crippen molar-refractivity contribution >= 4 is 48.3 Å². The van der Waals surface area contributed by atoms with E-state index in [1.807, 2.05) is 12.2 Å². The van der Waals surface area contributed by atoms with Gasteiger partial charge in [0.25, 0.3) is 5.91 Å². The van der Waals surface area contributed by atoms with Gasteiger partial charge >= 0.3 is 12.1 Å². The van der Waals surface area contributed by atoms with E-state index in [4.69, 9.17) is 9.47 Å². The summed E-state index contributed by atoms with van der Waals surface area (Å²) in [6.45, 7) is 10.1. The van der Waals surface area contributed by atoms with Crippen molar-refractivity contribution in [3.8, 4) is 0 Å². The second-order valence-electron chi connectivity index (χ2n) is 10.4. The first-order valence-electron chi connectivity index (χ1n) is 12.4. The predicted octanol–water partition coefficient (Wildman–Crippen LogP) is 5.41. The molecule has 1 fully saturated rings. The summed E-state index contributed by atoms with van der Waals surface area (Å²) < 4.78 is 51.3. The van der Waals surface area contributed by atoms with Crippen LogP contribution in [0.25, 0.3) is 0 Å². The van der Waals surface area contributed by atoms with Gasteiger partial charge in [0.05, 0.1) is 30.5 Å². The third kappa shape index (κ3) is 8.48. The molecule has 0 spiro atoms. The lowest BCUT2D eigenvalue weighted by Gasteiger charge is -2.28. The molecule has 7 nitrogen and oxygen atoms in total. The number of amides is 1. The highest BCUT2D eigenvalue weighted by molar-refractivity contribution is 14.1. The van der Waals surface area contributed by atoms with Crippen LogP contribution in [0.4, 0.5) is 13.2 Å². The number of halogens is 4. The Hall–Kier alpha value is -2.03. The number of alkyl halides is 3. The molecule has 1 amide bonds. The van der Waals surface area contributed by atoms with Gasteiger partial charge in [-0.3, -0.25) is 14.9 Å². The highest BCUT2D eigenvalue weighted by Crippen LogP contribution is 2.32. The summed E-state index contributed by atoms with van der Waals surface area (Å²) in [4.78, 5) is 30.5. The number of allylic oxidation sites excluding steroid dienone is 2. The lowest BCUT2D eigenvalue weighted by atomic mass is 10.0. The fourth-order valence-corrected chi connectivity index (χ4v) is 5.44. The van der Waals surface area contributed by atoms with Crippen LogP contribution in [0, 0.1) is 0 Å². The maximum atomic E-state index is 13.2. The second-order valence-corrected chi connectivity index (χ2v) is 17.2. The fourth-order valence-electron chi connectivity index (χ4n) is 4.07. The fraction of sp³-hybridized carbons (Fsp3) is 0.500. The van der Waals surface area contributed by atoms with Gasteiger partial charge < -0.3 is 14.4 Å². The van der Waals surface area contributed by atoms with E-state index in [2.05, 4.69) is 57.4 Å². The first-order valence-corrected chi connectivity index (χ1v) is 17.2. The first kappa shape index (κ1) is 30.5. The summed E-state index contributed by atoms with van der Waals surface area (Å²) in [6, 6.07) is 4.87. The number of hydrogen-bond acceptors (Lipinski definition) is 6. The van der Waals surface area contributed by atoms with E-state index in [1.165, 1.54) is 19.1 Å². The number of fused-ring (bicyclic) bond motifs is 1. The largest absolute Gasteiger partial charge is 0.466 e. The Morgan fingerprint density at radius 1 is 1.18 bits per heavy atom. The smallest absolute Gasteiger partial charge is 0.416 e. The minimum Gasteiger partial charge on any atom is -0.466 e. The zero-order chi connectivity index (χ0) is 28.1. The molecule has 2 unspecified atom stereocenters. The molecule has 0 radical (unpaired) electrons. The molecular formula is C26H33F3IN3O4Si. The van der Waals surface area contributed by atoms with Crippen LogP contribution in [0.2, 0.25) is 25.7 Å². The van der Waals surface area contributed by atoms with Crippen molar-refractivity contribution in [2.24, 2.45) is 4.99 Å². The molecule has 1 heterocycles. The lowest BCUT2D eigenvalue weighted by molar-refractivity contribution is -0.141. The first-order chi connectivity index (χ1) is 17.8. The van der Waals surface area contributed by atoms with Gasteiger partial charge in [0, 0.05) is 43.0 Å². The number of hydrogen-bond donors (Lipinski definition) is 1. The molecule has 208 valence electrons. The number of aliphatic imine (C=N–C) groups is 1. The Balaban J connectivity index is 1.81. The Bertz CT molecular complexity index is 1130. The quantitative estimate of drug-likeness (QED) is 0.156. The average Bonchev–Trinajstić information content (AvgIpc) is 3.17. The Kier molecular flexibility index (Phi) is 10.3. The predicted molar refractivity (Wildman–Crippen MR) is 151 cm³/mol. The van der Waals surface area contributed by atoms with Crippen molar-refractivity contribution in [2.75, 3.05) is 26.4 Å². The molecule has 0 bridgehead atoms. The van der Waals surface area contributed by atoms with E-state index in [0.717, 1.165) is 23.9 Å². The van der Waals surface area contributed by atoms with Crippen LogP contribution in [-0.2, 0) is 20.4 Å². The maximum Gasteiger partial charge on any atom is 0.416 e. The molecule has 1 aliphatic heterocycles. The highest BCUT2D eigenvalue weighted by Gasteiger charge is 2.40. The third-order valence-corrected chi connectivity index (χ3v) is 8.68. The van der Waals surface area contributed by atoms with Crippen LogP contribution in [0.3, 0.4) is 0 Å². The van der Waals surface area contributed by atoms with Crippen LogP contribution in [0.5, 0.6) is 0 Å². The molecule has 0 aromatic heterocycles. The molecule has 1 aromatic carbocycles. The molecule has 38 heavy (non-hydrogen) atoms. The van der Waals surface area contributed by atoms with E-state index >= 15 is 0 Å². The van der Waals surface area contributed by atoms with Crippen molar-refractivity contribution in [3.63, 3.8) is 0 Å². The average molecular weight is 664 g/mol. The summed E-state index contributed by atoms with van der Waals surface area (Å²) in [5, 5.41) is 3.49. The monoisotopic (exact) mass is 663 g/mol. The summed E-state index contributed by atoms with van der Waals surface area (Å²) in [5.74, 6) is -1.08. The van der Waals surface area contributed by atoms with E-state index in [9.17, 15) is 22.8 Å². The van der Waals surface area contributed by atoms with Crippen molar-refractivity contribution < 1.29 is 32.2 Å². The molecular weight excluding hydrogens is 630 g/mol. The number of esters is 1. The van der Waals surface area contributed by atoms with Crippen molar-refractivity contribution in [1.82, 2.24) is 10.2 Å². The minimum atomic E-state index is -4.55. The third-order valence-electron chi connectivity index (χ3n) is 6.06. The van der Waals surface area contributed by atoms with E-state index < -0.39 is 31.8 Å². The minimum absolute atomic E-state index is 0.130. The van der Waals surface area contributed by atoms with Gasteiger partial charge in [0.1, 0.15) is 6.17 Å². The number of rotatable bonds is 10. The highest BCUT2D eigenvalue weighted by atomic mass is 127. The van der Waals surface area contributed by atoms with Crippen LogP contribution >= 0.6 is 22.6 Å². The van der Waals surface area contributed by atoms with Gasteiger partial charge in [-0.2, -0.15) is 13.2 Å². The lowest BCUT2D eigenvalue weighted by Crippen LogP contribution is -2.42. The molecule has 3 rings (SSSR count). The standard InChI is InChI=1S/C26H33F3IN3O4Si/c1-17(34)37-12-6-11-33-21-10-9-20(30)23(24(21)31-22(33)16-36-13-14-38(2,3)4)32-25(35)18-7-5-8-19(15-18)26(27,28)29/h5,7-10,15,22,24,31H,6,11-14,16H2,1-4H3. The van der Waals surface area contributed by atoms with Gasteiger partial charge in [0.15, 0.2) is 0 Å². The number of carbonyl (C=O) groups is 2. The summed E-state index contributed by atoms with van der Waals surface area (Å²) >= 11 is 2.08. The Morgan fingerprint density at radius 3 is 2.58 bits per heavy atom. The number of nitrogens with one attached hydrogen (secondary N) is 1. The van der Waals surface area contributed by atoms with Crippen LogP contribution < -0.4 is 5.32 Å². The number of ether oxygens (including phenoxy) is 2. The van der Waals surface area contributed by atoms with Crippen molar-refractivity contribution in [2.45, 2.75) is 57.4 Å². The molecule has 1 aromatic rings. The molecule has 12 heteroatoms. The zero-order valence-electron chi connectivity index (χ0n) is 21.9. The van der Waals surface area contributed by atoms with Crippen LogP contribution in [0.15, 0.2) is 50.7 Å². The van der Waals surface area contributed by atoms with Gasteiger partial charge in [-0.15, -0.1) is 0 Å². The molecule has 2 atom stereocenters. The zero-order valence-corrected chi connectivity index (χ0v) is 25.1. The SMILES string of the molecule is CC(=O)OCCCN1C2=CC=C(I)C(=NC(=O)c3cccc(C(F)(F)F)c3)C2NC1COCC[Si](C)(C)C. The topological polar surface area (TPSA) is 80.2 Å². The second kappa shape index (κ2) is 12.9. The molecule has 2 aliphatic rings. The van der Waals surface area contributed by atoms with E-state index in [0.29, 0.717) is 35.5 Å². The van der Waals surface area contributed by atoms with Crippen LogP contribution in [0.1, 0.15) is 29.3 Å². The van der Waals surface area contributed by atoms with Crippen molar-refractivity contribution in [3.05, 3.63) is 56.8 Å². The summed E-state index contributed by atoms with van der Waals surface area (Å²) in [5.41, 5.74) is 0.296.